The van der Waals surface area contributed by atoms with E-state index in [2.05, 4.69) is 5.32 Å². The van der Waals surface area contributed by atoms with Crippen molar-refractivity contribution in [1.82, 2.24) is 10.2 Å². The largest absolute Gasteiger partial charge is 0.357 e. The van der Waals surface area contributed by atoms with Gasteiger partial charge in [-0.15, -0.1) is 0 Å². The number of hydrogen-bond donors (Lipinski definition) is 1. The zero-order valence-electron chi connectivity index (χ0n) is 18.3. The van der Waals surface area contributed by atoms with E-state index in [1.165, 1.54) is 11.9 Å². The van der Waals surface area contributed by atoms with E-state index in [1.54, 1.807) is 57.2 Å². The summed E-state index contributed by atoms with van der Waals surface area (Å²) in [6.45, 7) is 4.81. The molecule has 0 heterocycles. The normalized spacial score (nSPS) is 12.2. The molecule has 2 aromatic rings. The molecule has 0 unspecified atom stereocenters. The maximum Gasteiger partial charge on any atom is 0.244 e. The average Bonchev–Trinajstić information content (AvgIpc) is 2.70. The Balaban J connectivity index is 2.46. The molecule has 1 N–H and O–H groups in total. The van der Waals surface area contributed by atoms with Crippen LogP contribution >= 0.6 is 11.6 Å². The van der Waals surface area contributed by atoms with Gasteiger partial charge in [0, 0.05) is 18.6 Å². The van der Waals surface area contributed by atoms with Crippen LogP contribution in [0.3, 0.4) is 0 Å². The lowest BCUT2D eigenvalue weighted by molar-refractivity contribution is -0.139. The molecule has 7 nitrogen and oxygen atoms in total. The second kappa shape index (κ2) is 10.2. The molecule has 1 atom stereocenters. The van der Waals surface area contributed by atoms with Crippen molar-refractivity contribution in [3.05, 3.63) is 64.2 Å². The maximum atomic E-state index is 13.4. The highest BCUT2D eigenvalue weighted by Crippen LogP contribution is 2.27. The molecule has 0 saturated heterocycles. The molecule has 2 rings (SSSR count). The van der Waals surface area contributed by atoms with Crippen LogP contribution in [0, 0.1) is 13.8 Å². The molecule has 168 valence electrons. The highest BCUT2D eigenvalue weighted by molar-refractivity contribution is 7.92. The summed E-state index contributed by atoms with van der Waals surface area (Å²) in [5.41, 5.74) is 2.58. The van der Waals surface area contributed by atoms with E-state index in [0.29, 0.717) is 16.3 Å². The van der Waals surface area contributed by atoms with Gasteiger partial charge in [0.05, 0.1) is 11.9 Å². The Morgan fingerprint density at radius 3 is 2.16 bits per heavy atom. The third-order valence-corrected chi connectivity index (χ3v) is 6.56. The number of hydrogen-bond acceptors (Lipinski definition) is 4. The van der Waals surface area contributed by atoms with Gasteiger partial charge in [0.1, 0.15) is 12.6 Å². The van der Waals surface area contributed by atoms with Crippen molar-refractivity contribution in [3.63, 3.8) is 0 Å². The van der Waals surface area contributed by atoms with Crippen molar-refractivity contribution in [1.29, 1.82) is 0 Å². The van der Waals surface area contributed by atoms with E-state index in [4.69, 9.17) is 11.6 Å². The Morgan fingerprint density at radius 1 is 1.06 bits per heavy atom. The summed E-state index contributed by atoms with van der Waals surface area (Å²) in [5, 5.41) is 2.99. The van der Waals surface area contributed by atoms with E-state index in [9.17, 15) is 18.0 Å². The van der Waals surface area contributed by atoms with Gasteiger partial charge in [-0.05, 0) is 43.5 Å². The van der Waals surface area contributed by atoms with Crippen LogP contribution in [0.4, 0.5) is 5.69 Å². The fourth-order valence-electron chi connectivity index (χ4n) is 3.38. The highest BCUT2D eigenvalue weighted by atomic mass is 35.5. The molecule has 0 aliphatic heterocycles. The predicted molar refractivity (Wildman–Crippen MR) is 124 cm³/mol. The number of sulfonamides is 1. The summed E-state index contributed by atoms with van der Waals surface area (Å²) >= 11 is 6.26. The topological polar surface area (TPSA) is 86.8 Å². The fraction of sp³-hybridized carbons (Fsp3) is 0.364. The van der Waals surface area contributed by atoms with Crippen LogP contribution in [0.25, 0.3) is 0 Å². The number of benzene rings is 2. The fourth-order valence-corrected chi connectivity index (χ4v) is 4.54. The minimum Gasteiger partial charge on any atom is -0.357 e. The highest BCUT2D eigenvalue weighted by Gasteiger charge is 2.31. The number of rotatable bonds is 8. The minimum absolute atomic E-state index is 0.0669. The van der Waals surface area contributed by atoms with Crippen molar-refractivity contribution in [2.45, 2.75) is 33.4 Å². The monoisotopic (exact) mass is 465 g/mol. The first-order chi connectivity index (χ1) is 14.5. The van der Waals surface area contributed by atoms with Gasteiger partial charge in [0.25, 0.3) is 0 Å². The number of amides is 2. The van der Waals surface area contributed by atoms with Crippen LogP contribution in [0.15, 0.2) is 42.5 Å². The molecular formula is C22H28ClN3O4S. The molecule has 0 aliphatic carbocycles. The molecule has 2 amide bonds. The molecule has 0 fully saturated rings. The number of anilines is 1. The van der Waals surface area contributed by atoms with Crippen LogP contribution in [0.1, 0.15) is 23.6 Å². The Bertz CT molecular complexity index is 1050. The van der Waals surface area contributed by atoms with Crippen molar-refractivity contribution in [2.24, 2.45) is 0 Å². The summed E-state index contributed by atoms with van der Waals surface area (Å²) in [7, 11) is -2.28. The van der Waals surface area contributed by atoms with Crippen LogP contribution in [0.5, 0.6) is 0 Å². The second-order valence-electron chi connectivity index (χ2n) is 7.41. The quantitative estimate of drug-likeness (QED) is 0.649. The summed E-state index contributed by atoms with van der Waals surface area (Å²) in [6.07, 6.45) is 1.06. The number of halogens is 1. The van der Waals surface area contributed by atoms with E-state index in [-0.39, 0.29) is 12.5 Å². The molecule has 31 heavy (non-hydrogen) atoms. The third kappa shape index (κ3) is 5.98. The van der Waals surface area contributed by atoms with Crippen molar-refractivity contribution in [3.8, 4) is 0 Å². The number of nitrogens with zero attached hydrogens (tertiary/aromatic N) is 2. The molecule has 9 heteroatoms. The Hall–Kier alpha value is -2.58. The minimum atomic E-state index is -3.76. The van der Waals surface area contributed by atoms with Gasteiger partial charge in [0.15, 0.2) is 0 Å². The molecule has 0 aromatic heterocycles. The van der Waals surface area contributed by atoms with Crippen molar-refractivity contribution >= 4 is 39.1 Å². The van der Waals surface area contributed by atoms with E-state index in [1.807, 2.05) is 6.07 Å². The van der Waals surface area contributed by atoms with E-state index >= 15 is 0 Å². The summed E-state index contributed by atoms with van der Waals surface area (Å²) in [4.78, 5) is 27.0. The van der Waals surface area contributed by atoms with Crippen LogP contribution in [-0.2, 0) is 26.2 Å². The van der Waals surface area contributed by atoms with E-state index in [0.717, 1.165) is 21.7 Å². The molecular weight excluding hydrogens is 438 g/mol. The van der Waals surface area contributed by atoms with Crippen molar-refractivity contribution in [2.75, 3.05) is 24.2 Å². The lowest BCUT2D eigenvalue weighted by atomic mass is 10.1. The summed E-state index contributed by atoms with van der Waals surface area (Å²) in [5.74, 6) is -0.873. The predicted octanol–water partition coefficient (Wildman–Crippen LogP) is 2.89. The van der Waals surface area contributed by atoms with Crippen molar-refractivity contribution < 1.29 is 18.0 Å². The van der Waals surface area contributed by atoms with Crippen LogP contribution in [0.2, 0.25) is 5.02 Å². The first-order valence-electron chi connectivity index (χ1n) is 9.75. The number of para-hydroxylation sites is 1. The summed E-state index contributed by atoms with van der Waals surface area (Å²) in [6, 6.07) is 11.6. The molecule has 0 radical (unpaired) electrons. The number of carbonyl (C=O) groups excluding carboxylic acids is 2. The average molecular weight is 466 g/mol. The first-order valence-corrected chi connectivity index (χ1v) is 12.0. The van der Waals surface area contributed by atoms with Gasteiger partial charge < -0.3 is 10.2 Å². The number of aryl methyl sites for hydroxylation is 2. The van der Waals surface area contributed by atoms with Crippen LogP contribution in [-0.4, -0.2) is 51.0 Å². The maximum absolute atomic E-state index is 13.4. The zero-order chi connectivity index (χ0) is 23.3. The lowest BCUT2D eigenvalue weighted by Crippen LogP contribution is -2.50. The molecule has 2 aromatic carbocycles. The molecule has 0 saturated carbocycles. The standard InChI is InChI=1S/C22H28ClN3O4S/c1-15-9-8-10-16(2)21(15)26(31(5,29)30)14-20(27)25(17(3)22(28)24-4)13-18-11-6-7-12-19(18)23/h6-12,17H,13-14H2,1-5H3,(H,24,28)/t17-/m1/s1. The smallest absolute Gasteiger partial charge is 0.244 e. The van der Waals surface area contributed by atoms with Gasteiger partial charge >= 0.3 is 0 Å². The third-order valence-electron chi connectivity index (χ3n) is 5.08. The Kier molecular flexibility index (Phi) is 8.08. The zero-order valence-corrected chi connectivity index (χ0v) is 19.9. The Morgan fingerprint density at radius 2 is 1.65 bits per heavy atom. The molecule has 0 spiro atoms. The molecule has 0 aliphatic rings. The Labute approximate surface area is 189 Å². The van der Waals surface area contributed by atoms with Gasteiger partial charge in [-0.2, -0.15) is 0 Å². The number of carbonyl (C=O) groups is 2. The van der Waals surface area contributed by atoms with Gasteiger partial charge in [-0.3, -0.25) is 13.9 Å². The second-order valence-corrected chi connectivity index (χ2v) is 9.73. The van der Waals surface area contributed by atoms with Gasteiger partial charge in [-0.1, -0.05) is 48.0 Å². The SMILES string of the molecule is CNC(=O)[C@@H](C)N(Cc1ccccc1Cl)C(=O)CN(c1c(C)cccc1C)S(C)(=O)=O. The van der Waals surface area contributed by atoms with Gasteiger partial charge in [-0.25, -0.2) is 8.42 Å². The molecule has 0 bridgehead atoms. The van der Waals surface area contributed by atoms with Crippen LogP contribution < -0.4 is 9.62 Å². The first kappa shape index (κ1) is 24.7. The summed E-state index contributed by atoms with van der Waals surface area (Å²) < 4.78 is 26.3. The van der Waals surface area contributed by atoms with E-state index < -0.39 is 28.5 Å². The van der Waals surface area contributed by atoms with Gasteiger partial charge in [0.2, 0.25) is 21.8 Å². The number of nitrogens with one attached hydrogen (secondary N) is 1. The lowest BCUT2D eigenvalue weighted by Gasteiger charge is -2.32. The number of likely N-dealkylation sites (N-methyl/N-ethyl adjacent to an activating group) is 1.